The summed E-state index contributed by atoms with van der Waals surface area (Å²) in [6.07, 6.45) is -0.684. The minimum atomic E-state index is -2.11. The average molecular weight is 544 g/mol. The summed E-state index contributed by atoms with van der Waals surface area (Å²) >= 11 is 6.10. The van der Waals surface area contributed by atoms with E-state index in [2.05, 4.69) is 10.3 Å². The summed E-state index contributed by atoms with van der Waals surface area (Å²) in [5.41, 5.74) is 1.21. The molecule has 1 aliphatic rings. The number of alkyl halides is 1. The summed E-state index contributed by atoms with van der Waals surface area (Å²) in [5, 5.41) is 11.2. The lowest BCUT2D eigenvalue weighted by Gasteiger charge is -2.17. The summed E-state index contributed by atoms with van der Waals surface area (Å²) in [6, 6.07) is 13.3. The highest BCUT2D eigenvalue weighted by molar-refractivity contribution is 8.26. The number of halogens is 3. The molecule has 2 amide bonds. The third-order valence-corrected chi connectivity index (χ3v) is 6.54. The van der Waals surface area contributed by atoms with E-state index in [4.69, 9.17) is 17.3 Å². The van der Waals surface area contributed by atoms with E-state index >= 15 is 0 Å². The van der Waals surface area contributed by atoms with E-state index in [-0.39, 0.29) is 20.5 Å². The van der Waals surface area contributed by atoms with Crippen molar-refractivity contribution in [1.82, 2.24) is 9.88 Å². The number of thioether (sulfide) groups is 1. The van der Waals surface area contributed by atoms with Gasteiger partial charge in [-0.2, -0.15) is 0 Å². The summed E-state index contributed by atoms with van der Waals surface area (Å²) < 4.78 is 41.6. The minimum Gasteiger partial charge on any atom is -0.478 e. The second kappa shape index (κ2) is 10.9. The molecular formula is C25H16F3N3O4S2. The van der Waals surface area contributed by atoms with Gasteiger partial charge >= 0.3 is 5.97 Å². The molecule has 0 aliphatic carbocycles. The van der Waals surface area contributed by atoms with E-state index in [9.17, 15) is 27.6 Å². The lowest BCUT2D eigenvalue weighted by atomic mass is 10.1. The number of aromatic carboxylic acids is 1. The number of thiocarbonyl (C=S) groups is 1. The number of carbonyl (C=O) groups excluding carboxylic acids is 2. The maximum Gasteiger partial charge on any atom is 0.335 e. The second-order valence-corrected chi connectivity index (χ2v) is 9.38. The minimum absolute atomic E-state index is 0.00371. The standard InChI is InChI=1S/C25H16F3N3O4S2/c26-17-9-6-14(10-18(17)27)20-3-1-2-16(29-20)11-21-23(33)31(25(36)37-21)12-19(28)22(32)30-15-7-4-13(5-8-15)24(34)35/h1-11,19H,12H2,(H,30,32)(H,34,35). The van der Waals surface area contributed by atoms with Gasteiger partial charge in [-0.1, -0.05) is 30.0 Å². The van der Waals surface area contributed by atoms with Gasteiger partial charge in [0.05, 0.1) is 28.4 Å². The van der Waals surface area contributed by atoms with Crippen LogP contribution in [0.5, 0.6) is 0 Å². The highest BCUT2D eigenvalue weighted by Gasteiger charge is 2.35. The van der Waals surface area contributed by atoms with E-state index in [1.54, 1.807) is 18.2 Å². The molecule has 7 nitrogen and oxygen atoms in total. The number of hydrogen-bond acceptors (Lipinski definition) is 6. The molecule has 37 heavy (non-hydrogen) atoms. The number of aromatic nitrogens is 1. The Kier molecular flexibility index (Phi) is 7.69. The number of carboxylic acids is 1. The molecule has 188 valence electrons. The molecule has 1 fully saturated rings. The van der Waals surface area contributed by atoms with Crippen LogP contribution in [0.3, 0.4) is 0 Å². The number of carboxylic acid groups (broad SMARTS) is 1. The smallest absolute Gasteiger partial charge is 0.335 e. The maximum absolute atomic E-state index is 14.7. The van der Waals surface area contributed by atoms with Crippen molar-refractivity contribution in [2.24, 2.45) is 0 Å². The Morgan fingerprint density at radius 1 is 1.11 bits per heavy atom. The Labute approximate surface area is 218 Å². The third-order valence-electron chi connectivity index (χ3n) is 5.17. The summed E-state index contributed by atoms with van der Waals surface area (Å²) in [5.74, 6) is -4.79. The van der Waals surface area contributed by atoms with Crippen molar-refractivity contribution in [3.05, 3.63) is 88.5 Å². The van der Waals surface area contributed by atoms with Crippen LogP contribution in [0.25, 0.3) is 17.3 Å². The quantitative estimate of drug-likeness (QED) is 0.323. The van der Waals surface area contributed by atoms with Gasteiger partial charge in [0.2, 0.25) is 0 Å². The molecule has 2 aromatic carbocycles. The number of anilines is 1. The first-order valence-corrected chi connectivity index (χ1v) is 11.8. The van der Waals surface area contributed by atoms with E-state index in [1.807, 2.05) is 0 Å². The number of carbonyl (C=O) groups is 3. The highest BCUT2D eigenvalue weighted by Crippen LogP contribution is 2.33. The molecule has 1 saturated heterocycles. The number of pyridine rings is 1. The maximum atomic E-state index is 14.7. The van der Waals surface area contributed by atoms with Crippen molar-refractivity contribution in [1.29, 1.82) is 0 Å². The Morgan fingerprint density at radius 3 is 2.51 bits per heavy atom. The molecular weight excluding hydrogens is 527 g/mol. The van der Waals surface area contributed by atoms with Gasteiger partial charge in [-0.15, -0.1) is 0 Å². The largest absolute Gasteiger partial charge is 0.478 e. The number of rotatable bonds is 7. The summed E-state index contributed by atoms with van der Waals surface area (Å²) in [6.45, 7) is -0.622. The Hall–Kier alpha value is -4.03. The van der Waals surface area contributed by atoms with Crippen LogP contribution in [0, 0.1) is 11.6 Å². The predicted octanol–water partition coefficient (Wildman–Crippen LogP) is 4.90. The van der Waals surface area contributed by atoms with Gasteiger partial charge in [-0.3, -0.25) is 14.5 Å². The van der Waals surface area contributed by atoms with Crippen LogP contribution in [0.1, 0.15) is 16.1 Å². The first-order chi connectivity index (χ1) is 17.6. The lowest BCUT2D eigenvalue weighted by molar-refractivity contribution is -0.125. The predicted molar refractivity (Wildman–Crippen MR) is 136 cm³/mol. The first-order valence-electron chi connectivity index (χ1n) is 10.6. The fourth-order valence-electron chi connectivity index (χ4n) is 3.30. The number of nitrogens with one attached hydrogen (secondary N) is 1. The van der Waals surface area contributed by atoms with Gasteiger partial charge in [0.1, 0.15) is 4.32 Å². The molecule has 4 rings (SSSR count). The number of benzene rings is 2. The topological polar surface area (TPSA) is 99.6 Å². The van der Waals surface area contributed by atoms with Crippen LogP contribution in [0.15, 0.2) is 65.6 Å². The van der Waals surface area contributed by atoms with Gasteiger partial charge in [-0.25, -0.2) is 22.9 Å². The molecule has 0 spiro atoms. The van der Waals surface area contributed by atoms with Gasteiger partial charge in [0.25, 0.3) is 11.8 Å². The Balaban J connectivity index is 1.44. The lowest BCUT2D eigenvalue weighted by Crippen LogP contribution is -2.39. The zero-order chi connectivity index (χ0) is 26.7. The SMILES string of the molecule is O=C(O)c1ccc(NC(=O)C(F)CN2C(=O)C(=Cc3cccc(-c4ccc(F)c(F)c4)n3)SC2=S)cc1. The Bertz CT molecular complexity index is 1450. The summed E-state index contributed by atoms with van der Waals surface area (Å²) in [4.78, 5) is 41.5. The van der Waals surface area contributed by atoms with E-state index < -0.39 is 42.1 Å². The fourth-order valence-corrected chi connectivity index (χ4v) is 4.56. The van der Waals surface area contributed by atoms with Crippen molar-refractivity contribution in [2.75, 3.05) is 11.9 Å². The molecule has 3 aromatic rings. The average Bonchev–Trinajstić information content (AvgIpc) is 3.13. The van der Waals surface area contributed by atoms with Crippen molar-refractivity contribution in [3.63, 3.8) is 0 Å². The fraction of sp³-hybridized carbons (Fsp3) is 0.0800. The highest BCUT2D eigenvalue weighted by atomic mass is 32.2. The van der Waals surface area contributed by atoms with E-state index in [1.165, 1.54) is 36.4 Å². The molecule has 1 unspecified atom stereocenters. The summed E-state index contributed by atoms with van der Waals surface area (Å²) in [7, 11) is 0. The van der Waals surface area contributed by atoms with Crippen molar-refractivity contribution >= 4 is 57.8 Å². The van der Waals surface area contributed by atoms with Gasteiger partial charge in [-0.05, 0) is 60.7 Å². The van der Waals surface area contributed by atoms with Crippen LogP contribution in [0.2, 0.25) is 0 Å². The van der Waals surface area contributed by atoms with Crippen LogP contribution in [-0.2, 0) is 9.59 Å². The van der Waals surface area contributed by atoms with Gasteiger partial charge < -0.3 is 10.4 Å². The van der Waals surface area contributed by atoms with Crippen molar-refractivity contribution < 1.29 is 32.7 Å². The molecule has 1 atom stereocenters. The van der Waals surface area contributed by atoms with E-state index in [0.29, 0.717) is 17.0 Å². The number of hydrogen-bond donors (Lipinski definition) is 2. The molecule has 2 N–H and O–H groups in total. The molecule has 1 aromatic heterocycles. The second-order valence-electron chi connectivity index (χ2n) is 7.71. The van der Waals surface area contributed by atoms with Crippen LogP contribution in [-0.4, -0.2) is 49.8 Å². The van der Waals surface area contributed by atoms with Gasteiger partial charge in [0, 0.05) is 11.3 Å². The molecule has 2 heterocycles. The Morgan fingerprint density at radius 2 is 1.84 bits per heavy atom. The molecule has 0 radical (unpaired) electrons. The molecule has 0 saturated carbocycles. The molecule has 0 bridgehead atoms. The molecule has 12 heteroatoms. The van der Waals surface area contributed by atoms with Crippen LogP contribution < -0.4 is 5.32 Å². The van der Waals surface area contributed by atoms with E-state index in [0.717, 1.165) is 28.8 Å². The number of amides is 2. The third kappa shape index (κ3) is 6.04. The van der Waals surface area contributed by atoms with Crippen LogP contribution in [0.4, 0.5) is 18.9 Å². The monoisotopic (exact) mass is 543 g/mol. The first kappa shape index (κ1) is 26.0. The van der Waals surface area contributed by atoms with Gasteiger partial charge in [0.15, 0.2) is 17.8 Å². The normalized spacial score (nSPS) is 15.2. The zero-order valence-corrected chi connectivity index (χ0v) is 20.3. The van der Waals surface area contributed by atoms with Crippen molar-refractivity contribution in [3.8, 4) is 11.3 Å². The molecule has 1 aliphatic heterocycles. The van der Waals surface area contributed by atoms with Crippen molar-refractivity contribution in [2.45, 2.75) is 6.17 Å². The number of nitrogens with zero attached hydrogens (tertiary/aromatic N) is 2. The van der Waals surface area contributed by atoms with Crippen LogP contribution >= 0.6 is 24.0 Å². The zero-order valence-electron chi connectivity index (χ0n) is 18.7.